The molecule has 1 N–H and O–H groups in total. The maximum Gasteiger partial charge on any atom is 0.278 e. The third kappa shape index (κ3) is 4.52. The van der Waals surface area contributed by atoms with Crippen molar-refractivity contribution in [2.24, 2.45) is 0 Å². The second-order valence-corrected chi connectivity index (χ2v) is 9.46. The Kier molecular flexibility index (Phi) is 6.67. The van der Waals surface area contributed by atoms with Crippen LogP contribution in [-0.2, 0) is 14.8 Å². The molecular weight excluding hydrogens is 388 g/mol. The Labute approximate surface area is 165 Å². The van der Waals surface area contributed by atoms with E-state index in [-0.39, 0.29) is 19.0 Å². The molecule has 156 valence electrons. The summed E-state index contributed by atoms with van der Waals surface area (Å²) in [5, 5.41) is 0. The first-order chi connectivity index (χ1) is 13.3. The van der Waals surface area contributed by atoms with E-state index in [0.29, 0.717) is 31.7 Å². The van der Waals surface area contributed by atoms with Gasteiger partial charge in [-0.05, 0) is 37.8 Å². The van der Waals surface area contributed by atoms with Crippen LogP contribution >= 0.6 is 0 Å². The summed E-state index contributed by atoms with van der Waals surface area (Å²) in [4.78, 5) is 15.2. The van der Waals surface area contributed by atoms with Crippen molar-refractivity contribution in [1.29, 1.82) is 0 Å². The minimum absolute atomic E-state index is 0.127. The number of halogens is 2. The zero-order valence-corrected chi connectivity index (χ0v) is 17.0. The first-order valence-corrected chi connectivity index (χ1v) is 11.3. The summed E-state index contributed by atoms with van der Waals surface area (Å²) < 4.78 is 53.5. The number of sulfonamides is 1. The van der Waals surface area contributed by atoms with Crippen LogP contribution in [0.1, 0.15) is 32.6 Å². The number of hydrogen-bond acceptors (Lipinski definition) is 3. The molecule has 0 spiro atoms. The molecule has 1 amide bonds. The summed E-state index contributed by atoms with van der Waals surface area (Å²) in [6.45, 7) is 4.64. The monoisotopic (exact) mass is 416 g/mol. The van der Waals surface area contributed by atoms with Crippen LogP contribution in [0, 0.1) is 11.6 Å². The normalized spacial score (nSPS) is 22.4. The van der Waals surface area contributed by atoms with E-state index in [9.17, 15) is 22.0 Å². The molecular formula is C19H28F2N3O3S+. The molecule has 2 saturated heterocycles. The van der Waals surface area contributed by atoms with Gasteiger partial charge in [0.15, 0.2) is 6.54 Å². The van der Waals surface area contributed by atoms with Crippen molar-refractivity contribution < 1.29 is 26.9 Å². The Bertz CT molecular complexity index is 811. The molecule has 1 aromatic carbocycles. The zero-order valence-electron chi connectivity index (χ0n) is 16.2. The van der Waals surface area contributed by atoms with E-state index in [1.807, 2.05) is 4.90 Å². The number of amides is 1. The van der Waals surface area contributed by atoms with E-state index < -0.39 is 26.6 Å². The number of piperidine rings is 1. The van der Waals surface area contributed by atoms with Crippen molar-refractivity contribution in [2.45, 2.75) is 43.5 Å². The van der Waals surface area contributed by atoms with Crippen molar-refractivity contribution in [3.8, 4) is 0 Å². The van der Waals surface area contributed by atoms with E-state index >= 15 is 0 Å². The van der Waals surface area contributed by atoms with Crippen LogP contribution < -0.4 is 4.90 Å². The molecule has 28 heavy (non-hydrogen) atoms. The average molecular weight is 417 g/mol. The topological polar surface area (TPSA) is 62.1 Å². The Morgan fingerprint density at radius 1 is 1.18 bits per heavy atom. The van der Waals surface area contributed by atoms with Gasteiger partial charge in [0.2, 0.25) is 10.0 Å². The smallest absolute Gasteiger partial charge is 0.278 e. The van der Waals surface area contributed by atoms with Crippen LogP contribution in [-0.4, -0.2) is 68.8 Å². The largest absolute Gasteiger partial charge is 0.335 e. The van der Waals surface area contributed by atoms with Gasteiger partial charge >= 0.3 is 0 Å². The molecule has 1 aromatic rings. The number of piperazine rings is 1. The molecule has 2 heterocycles. The number of quaternary nitrogens is 1. The fourth-order valence-electron chi connectivity index (χ4n) is 4.11. The van der Waals surface area contributed by atoms with Gasteiger partial charge in [0.1, 0.15) is 16.5 Å². The molecule has 0 saturated carbocycles. The highest BCUT2D eigenvalue weighted by Gasteiger charge is 2.34. The zero-order chi connectivity index (χ0) is 20.3. The van der Waals surface area contributed by atoms with E-state index in [1.54, 1.807) is 0 Å². The van der Waals surface area contributed by atoms with Gasteiger partial charge in [0.05, 0.1) is 26.2 Å². The summed E-state index contributed by atoms with van der Waals surface area (Å²) in [5.41, 5.74) is 0. The Balaban J connectivity index is 1.59. The molecule has 6 nitrogen and oxygen atoms in total. The van der Waals surface area contributed by atoms with Gasteiger partial charge in [-0.1, -0.05) is 6.92 Å². The van der Waals surface area contributed by atoms with Gasteiger partial charge in [-0.15, -0.1) is 0 Å². The first-order valence-electron chi connectivity index (χ1n) is 9.91. The van der Waals surface area contributed by atoms with Crippen LogP contribution in [0.15, 0.2) is 23.1 Å². The SMILES string of the molecule is CC[C@H]1CCCCN1C(=O)C[NH+]1CCN(S(=O)(=O)c2ccc(F)cc2F)CC1. The second-order valence-electron chi connectivity index (χ2n) is 7.55. The third-order valence-electron chi connectivity index (χ3n) is 5.76. The molecule has 9 heteroatoms. The van der Waals surface area contributed by atoms with E-state index in [1.165, 1.54) is 4.31 Å². The van der Waals surface area contributed by atoms with Gasteiger partial charge in [-0.3, -0.25) is 4.79 Å². The fourth-order valence-corrected chi connectivity index (χ4v) is 5.60. The predicted octanol–water partition coefficient (Wildman–Crippen LogP) is 0.645. The van der Waals surface area contributed by atoms with Gasteiger partial charge < -0.3 is 9.80 Å². The summed E-state index contributed by atoms with van der Waals surface area (Å²) in [7, 11) is -4.01. The van der Waals surface area contributed by atoms with E-state index in [2.05, 4.69) is 6.92 Å². The number of likely N-dealkylation sites (tertiary alicyclic amines) is 1. The first kappa shape index (κ1) is 21.1. The highest BCUT2D eigenvalue weighted by molar-refractivity contribution is 7.89. The number of carbonyl (C=O) groups excluding carboxylic acids is 1. The molecule has 0 aliphatic carbocycles. The van der Waals surface area contributed by atoms with Gasteiger partial charge in [-0.2, -0.15) is 4.31 Å². The number of nitrogens with zero attached hydrogens (tertiary/aromatic N) is 2. The minimum Gasteiger partial charge on any atom is -0.335 e. The minimum atomic E-state index is -4.01. The average Bonchev–Trinajstić information content (AvgIpc) is 2.68. The van der Waals surface area contributed by atoms with Crippen LogP contribution in [0.25, 0.3) is 0 Å². The van der Waals surface area contributed by atoms with Crippen LogP contribution in [0.3, 0.4) is 0 Å². The summed E-state index contributed by atoms with van der Waals surface area (Å²) >= 11 is 0. The second kappa shape index (κ2) is 8.84. The quantitative estimate of drug-likeness (QED) is 0.767. The summed E-state index contributed by atoms with van der Waals surface area (Å²) in [6, 6.07) is 2.79. The van der Waals surface area contributed by atoms with Crippen LogP contribution in [0.5, 0.6) is 0 Å². The van der Waals surface area contributed by atoms with E-state index in [0.717, 1.165) is 49.3 Å². The molecule has 2 aliphatic rings. The highest BCUT2D eigenvalue weighted by Crippen LogP contribution is 2.21. The number of carbonyl (C=O) groups is 1. The predicted molar refractivity (Wildman–Crippen MR) is 100 cm³/mol. The Morgan fingerprint density at radius 2 is 1.89 bits per heavy atom. The fraction of sp³-hybridized carbons (Fsp3) is 0.632. The maximum atomic E-state index is 13.9. The molecule has 2 fully saturated rings. The molecule has 3 rings (SSSR count). The molecule has 0 unspecified atom stereocenters. The lowest BCUT2D eigenvalue weighted by Crippen LogP contribution is -3.15. The molecule has 1 atom stereocenters. The molecule has 0 radical (unpaired) electrons. The van der Waals surface area contributed by atoms with Crippen LogP contribution in [0.4, 0.5) is 8.78 Å². The van der Waals surface area contributed by atoms with Gasteiger partial charge in [-0.25, -0.2) is 17.2 Å². The van der Waals surface area contributed by atoms with E-state index in [4.69, 9.17) is 0 Å². The van der Waals surface area contributed by atoms with Crippen molar-refractivity contribution >= 4 is 15.9 Å². The van der Waals surface area contributed by atoms with Gasteiger partial charge in [0.25, 0.3) is 5.91 Å². The van der Waals surface area contributed by atoms with Crippen molar-refractivity contribution in [1.82, 2.24) is 9.21 Å². The maximum absolute atomic E-state index is 13.9. The van der Waals surface area contributed by atoms with Crippen molar-refractivity contribution in [3.63, 3.8) is 0 Å². The lowest BCUT2D eigenvalue weighted by molar-refractivity contribution is -0.896. The summed E-state index contributed by atoms with van der Waals surface area (Å²) in [5.74, 6) is -1.77. The number of benzene rings is 1. The Hall–Kier alpha value is -1.58. The van der Waals surface area contributed by atoms with Crippen molar-refractivity contribution in [2.75, 3.05) is 39.3 Å². The lowest BCUT2D eigenvalue weighted by atomic mass is 10.00. The summed E-state index contributed by atoms with van der Waals surface area (Å²) in [6.07, 6.45) is 4.20. The third-order valence-corrected chi connectivity index (χ3v) is 7.69. The number of rotatable bonds is 5. The number of nitrogens with one attached hydrogen (secondary N) is 1. The Morgan fingerprint density at radius 3 is 2.54 bits per heavy atom. The van der Waals surface area contributed by atoms with Crippen molar-refractivity contribution in [3.05, 3.63) is 29.8 Å². The highest BCUT2D eigenvalue weighted by atomic mass is 32.2. The molecule has 0 aromatic heterocycles. The standard InChI is InChI=1S/C19H27F2N3O3S/c1-2-16-5-3-4-8-24(16)19(25)14-22-9-11-23(12-10-22)28(26,27)18-7-6-15(20)13-17(18)21/h6-7,13,16H,2-5,8-12,14H2,1H3/p+1/t16-/m0/s1. The lowest BCUT2D eigenvalue weighted by Gasteiger charge is -2.37. The molecule has 0 bridgehead atoms. The molecule has 2 aliphatic heterocycles. The van der Waals surface area contributed by atoms with Gasteiger partial charge in [0, 0.05) is 18.7 Å². The number of hydrogen-bond donors (Lipinski definition) is 1. The van der Waals surface area contributed by atoms with Crippen LogP contribution in [0.2, 0.25) is 0 Å².